The molecule has 3 heteroatoms. The van der Waals surface area contributed by atoms with E-state index in [-0.39, 0.29) is 11.9 Å². The van der Waals surface area contributed by atoms with E-state index < -0.39 is 0 Å². The van der Waals surface area contributed by atoms with E-state index in [1.54, 1.807) is 38.1 Å². The van der Waals surface area contributed by atoms with Crippen LogP contribution in [0.15, 0.2) is 24.3 Å². The zero-order chi connectivity index (χ0) is 10.3. The molecule has 0 radical (unpaired) electrons. The van der Waals surface area contributed by atoms with E-state index in [2.05, 4.69) is 0 Å². The van der Waals surface area contributed by atoms with Crippen LogP contribution in [0.25, 0.3) is 0 Å². The monoisotopic (exact) mass is 181 g/mol. The lowest BCUT2D eigenvalue weighted by Gasteiger charge is -1.89. The van der Waals surface area contributed by atoms with E-state index in [4.69, 9.17) is 15.6 Å². The normalized spacial score (nSPS) is 8.92. The zero-order valence-electron chi connectivity index (χ0n) is 7.86. The first-order chi connectivity index (χ1) is 6.06. The van der Waals surface area contributed by atoms with E-state index in [0.717, 1.165) is 5.56 Å². The predicted octanol–water partition coefficient (Wildman–Crippen LogP) is 1.78. The van der Waals surface area contributed by atoms with Gasteiger partial charge in [-0.25, -0.2) is 0 Å². The Morgan fingerprint density at radius 1 is 1.23 bits per heavy atom. The molecule has 0 amide bonds. The molecule has 0 aliphatic carbocycles. The van der Waals surface area contributed by atoms with Gasteiger partial charge in [-0.3, -0.25) is 0 Å². The minimum absolute atomic E-state index is 0.167. The minimum atomic E-state index is -0.167. The van der Waals surface area contributed by atoms with Crippen molar-refractivity contribution in [2.75, 3.05) is 0 Å². The van der Waals surface area contributed by atoms with Crippen molar-refractivity contribution in [2.24, 2.45) is 0 Å². The standard InChI is InChI=1S/C7H7NO.C3H8O/c8-5-6-1-3-7(9)4-2-6;1-3(2)4/h1-5,8-9H;3-4H,1-2H3. The average molecular weight is 181 g/mol. The summed E-state index contributed by atoms with van der Waals surface area (Å²) in [5.74, 6) is 0.237. The van der Waals surface area contributed by atoms with Crippen LogP contribution >= 0.6 is 0 Å². The van der Waals surface area contributed by atoms with Crippen molar-refractivity contribution in [3.63, 3.8) is 0 Å². The molecule has 0 aromatic heterocycles. The van der Waals surface area contributed by atoms with Crippen molar-refractivity contribution in [3.05, 3.63) is 29.8 Å². The molecular formula is C10H15NO2. The maximum atomic E-state index is 8.78. The highest BCUT2D eigenvalue weighted by molar-refractivity contribution is 5.76. The lowest BCUT2D eigenvalue weighted by atomic mass is 10.2. The number of nitrogens with one attached hydrogen (secondary N) is 1. The van der Waals surface area contributed by atoms with Crippen LogP contribution in [0.1, 0.15) is 19.4 Å². The molecule has 0 fully saturated rings. The Labute approximate surface area is 78.2 Å². The van der Waals surface area contributed by atoms with Crippen LogP contribution in [0, 0.1) is 5.41 Å². The molecule has 72 valence electrons. The highest BCUT2D eigenvalue weighted by atomic mass is 16.3. The van der Waals surface area contributed by atoms with E-state index in [9.17, 15) is 0 Å². The summed E-state index contributed by atoms with van der Waals surface area (Å²) in [4.78, 5) is 0. The van der Waals surface area contributed by atoms with Crippen molar-refractivity contribution < 1.29 is 10.2 Å². The van der Waals surface area contributed by atoms with Gasteiger partial charge in [0.15, 0.2) is 0 Å². The summed E-state index contributed by atoms with van der Waals surface area (Å²) in [6.45, 7) is 3.44. The van der Waals surface area contributed by atoms with Crippen molar-refractivity contribution >= 4 is 6.21 Å². The first-order valence-electron chi connectivity index (χ1n) is 4.04. The fourth-order valence-corrected chi connectivity index (χ4v) is 0.571. The van der Waals surface area contributed by atoms with Crippen LogP contribution in [0.5, 0.6) is 5.75 Å². The molecule has 3 nitrogen and oxygen atoms in total. The number of aliphatic hydroxyl groups is 1. The lowest BCUT2D eigenvalue weighted by molar-refractivity contribution is 0.216. The van der Waals surface area contributed by atoms with Crippen molar-refractivity contribution in [1.82, 2.24) is 0 Å². The summed E-state index contributed by atoms with van der Waals surface area (Å²) in [6.07, 6.45) is 1.07. The summed E-state index contributed by atoms with van der Waals surface area (Å²) >= 11 is 0. The fraction of sp³-hybridized carbons (Fsp3) is 0.300. The number of benzene rings is 1. The predicted molar refractivity (Wildman–Crippen MR) is 53.3 cm³/mol. The summed E-state index contributed by atoms with van der Waals surface area (Å²) in [6, 6.07) is 6.48. The topological polar surface area (TPSA) is 64.3 Å². The smallest absolute Gasteiger partial charge is 0.115 e. The van der Waals surface area contributed by atoms with Crippen molar-refractivity contribution in [2.45, 2.75) is 20.0 Å². The lowest BCUT2D eigenvalue weighted by Crippen LogP contribution is -1.85. The molecule has 1 aromatic rings. The molecule has 0 bridgehead atoms. The molecule has 0 saturated heterocycles. The Hall–Kier alpha value is -1.35. The summed E-state index contributed by atoms with van der Waals surface area (Å²) in [7, 11) is 0. The molecule has 0 heterocycles. The second kappa shape index (κ2) is 6.20. The number of hydrogen-bond donors (Lipinski definition) is 3. The number of hydrogen-bond acceptors (Lipinski definition) is 3. The average Bonchev–Trinajstić information content (AvgIpc) is 2.05. The Morgan fingerprint density at radius 3 is 1.92 bits per heavy atom. The van der Waals surface area contributed by atoms with Crippen molar-refractivity contribution in [1.29, 1.82) is 5.41 Å². The second-order valence-electron chi connectivity index (χ2n) is 2.83. The van der Waals surface area contributed by atoms with Crippen molar-refractivity contribution in [3.8, 4) is 5.75 Å². The molecule has 3 N–H and O–H groups in total. The molecule has 13 heavy (non-hydrogen) atoms. The molecule has 0 unspecified atom stereocenters. The third-order valence-corrected chi connectivity index (χ3v) is 1.06. The van der Waals surface area contributed by atoms with Gasteiger partial charge >= 0.3 is 0 Å². The number of aromatic hydroxyl groups is 1. The van der Waals surface area contributed by atoms with E-state index in [0.29, 0.717) is 0 Å². The Morgan fingerprint density at radius 2 is 1.62 bits per heavy atom. The Balaban J connectivity index is 0.000000310. The van der Waals surface area contributed by atoms with Gasteiger partial charge in [-0.1, -0.05) is 0 Å². The van der Waals surface area contributed by atoms with Gasteiger partial charge in [-0.05, 0) is 43.7 Å². The molecule has 0 spiro atoms. The Kier molecular flexibility index (Phi) is 5.55. The summed E-state index contributed by atoms with van der Waals surface area (Å²) < 4.78 is 0. The largest absolute Gasteiger partial charge is 0.508 e. The van der Waals surface area contributed by atoms with Crippen LogP contribution in [0.4, 0.5) is 0 Å². The van der Waals surface area contributed by atoms with Crippen LogP contribution < -0.4 is 0 Å². The highest BCUT2D eigenvalue weighted by Gasteiger charge is 1.85. The van der Waals surface area contributed by atoms with Crippen LogP contribution in [0.3, 0.4) is 0 Å². The molecular weight excluding hydrogens is 166 g/mol. The number of rotatable bonds is 1. The molecule has 0 aliphatic rings. The fourth-order valence-electron chi connectivity index (χ4n) is 0.571. The van der Waals surface area contributed by atoms with Gasteiger partial charge in [0, 0.05) is 12.3 Å². The highest BCUT2D eigenvalue weighted by Crippen LogP contribution is 2.06. The number of phenols is 1. The van der Waals surface area contributed by atoms with Gasteiger partial charge in [0.25, 0.3) is 0 Å². The SMILES string of the molecule is CC(C)O.N=Cc1ccc(O)cc1. The molecule has 0 atom stereocenters. The van der Waals surface area contributed by atoms with Gasteiger partial charge in [-0.2, -0.15) is 0 Å². The van der Waals surface area contributed by atoms with Crippen LogP contribution in [-0.4, -0.2) is 22.5 Å². The third-order valence-electron chi connectivity index (χ3n) is 1.06. The van der Waals surface area contributed by atoms with E-state index in [1.165, 1.54) is 6.21 Å². The number of phenolic OH excluding ortho intramolecular Hbond substituents is 1. The zero-order valence-corrected chi connectivity index (χ0v) is 7.86. The molecule has 0 saturated carbocycles. The minimum Gasteiger partial charge on any atom is -0.508 e. The molecule has 1 rings (SSSR count). The van der Waals surface area contributed by atoms with E-state index in [1.807, 2.05) is 0 Å². The summed E-state index contributed by atoms with van der Waals surface area (Å²) in [5.41, 5.74) is 0.799. The van der Waals surface area contributed by atoms with Gasteiger partial charge in [0.05, 0.1) is 0 Å². The second-order valence-corrected chi connectivity index (χ2v) is 2.83. The summed E-state index contributed by atoms with van der Waals surface area (Å²) in [5, 5.41) is 23.6. The molecule has 0 aliphatic heterocycles. The Bertz CT molecular complexity index is 239. The van der Waals surface area contributed by atoms with Crippen LogP contribution in [0.2, 0.25) is 0 Å². The van der Waals surface area contributed by atoms with Gasteiger partial charge in [-0.15, -0.1) is 0 Å². The maximum Gasteiger partial charge on any atom is 0.115 e. The van der Waals surface area contributed by atoms with Gasteiger partial charge < -0.3 is 15.6 Å². The molecule has 1 aromatic carbocycles. The van der Waals surface area contributed by atoms with Gasteiger partial charge in [0.2, 0.25) is 0 Å². The maximum absolute atomic E-state index is 8.78. The first kappa shape index (κ1) is 11.6. The third kappa shape index (κ3) is 7.03. The quantitative estimate of drug-likeness (QED) is 0.578. The first-order valence-corrected chi connectivity index (χ1v) is 4.04. The van der Waals surface area contributed by atoms with Crippen LogP contribution in [-0.2, 0) is 0 Å². The van der Waals surface area contributed by atoms with E-state index >= 15 is 0 Å². The van der Waals surface area contributed by atoms with Gasteiger partial charge in [0.1, 0.15) is 5.75 Å². The number of aliphatic hydroxyl groups excluding tert-OH is 1.